The summed E-state index contributed by atoms with van der Waals surface area (Å²) < 4.78 is 4.69. The second kappa shape index (κ2) is 5.09. The molecular formula is C10H10NO4-. The van der Waals surface area contributed by atoms with E-state index in [2.05, 4.69) is 9.72 Å². The number of carbonyl (C=O) groups excluding carboxylic acids is 2. The average Bonchev–Trinajstić information content (AvgIpc) is 2.18. The van der Waals surface area contributed by atoms with Crippen LogP contribution >= 0.6 is 0 Å². The number of ether oxygens (including phenoxy) is 1. The zero-order valence-electron chi connectivity index (χ0n) is 8.23. The van der Waals surface area contributed by atoms with Crippen LogP contribution in [0.4, 0.5) is 0 Å². The number of carboxylic acids is 1. The molecule has 5 heteroatoms. The molecule has 1 aromatic rings. The fourth-order valence-corrected chi connectivity index (χ4v) is 1.11. The summed E-state index contributed by atoms with van der Waals surface area (Å²) >= 11 is 0. The van der Waals surface area contributed by atoms with E-state index in [1.807, 2.05) is 0 Å². The van der Waals surface area contributed by atoms with Gasteiger partial charge in [0.1, 0.15) is 0 Å². The lowest BCUT2D eigenvalue weighted by Gasteiger charge is -2.08. The summed E-state index contributed by atoms with van der Waals surface area (Å²) in [6.07, 6.45) is 1.26. The Kier molecular flexibility index (Phi) is 3.79. The number of pyridine rings is 1. The van der Waals surface area contributed by atoms with Gasteiger partial charge in [-0.2, -0.15) is 0 Å². The Morgan fingerprint density at radius 2 is 2.27 bits per heavy atom. The summed E-state index contributed by atoms with van der Waals surface area (Å²) in [7, 11) is 0. The lowest BCUT2D eigenvalue weighted by atomic mass is 10.1. The van der Waals surface area contributed by atoms with Crippen LogP contribution in [-0.2, 0) is 16.0 Å². The van der Waals surface area contributed by atoms with Crippen LogP contribution in [0.15, 0.2) is 18.3 Å². The van der Waals surface area contributed by atoms with Gasteiger partial charge in [0.25, 0.3) is 0 Å². The van der Waals surface area contributed by atoms with E-state index in [9.17, 15) is 14.7 Å². The molecule has 15 heavy (non-hydrogen) atoms. The molecule has 0 saturated heterocycles. The minimum Gasteiger partial charge on any atom is -0.545 e. The second-order valence-electron chi connectivity index (χ2n) is 2.77. The van der Waals surface area contributed by atoms with Crippen molar-refractivity contribution in [2.24, 2.45) is 0 Å². The van der Waals surface area contributed by atoms with Crippen LogP contribution in [0, 0.1) is 0 Å². The minimum absolute atomic E-state index is 0.0782. The van der Waals surface area contributed by atoms with Crippen molar-refractivity contribution in [1.29, 1.82) is 0 Å². The van der Waals surface area contributed by atoms with E-state index in [0.29, 0.717) is 0 Å². The third kappa shape index (κ3) is 3.05. The lowest BCUT2D eigenvalue weighted by molar-refractivity contribution is -0.255. The summed E-state index contributed by atoms with van der Waals surface area (Å²) in [5, 5.41) is 10.7. The van der Waals surface area contributed by atoms with Crippen molar-refractivity contribution in [2.45, 2.75) is 13.3 Å². The van der Waals surface area contributed by atoms with Crippen molar-refractivity contribution < 1.29 is 19.4 Å². The summed E-state index contributed by atoms with van der Waals surface area (Å²) in [6.45, 7) is 1.93. The number of carbonyl (C=O) groups is 2. The van der Waals surface area contributed by atoms with Crippen LogP contribution in [0.25, 0.3) is 0 Å². The van der Waals surface area contributed by atoms with E-state index in [4.69, 9.17) is 0 Å². The molecule has 1 heterocycles. The molecule has 0 aliphatic heterocycles. The summed E-state index contributed by atoms with van der Waals surface area (Å²) in [6, 6.07) is 2.82. The Bertz CT molecular complexity index is 375. The van der Waals surface area contributed by atoms with Gasteiger partial charge in [-0.1, -0.05) is 0 Å². The number of esters is 1. The summed E-state index contributed by atoms with van der Waals surface area (Å²) in [5.41, 5.74) is 0.0847. The molecule has 0 radical (unpaired) electrons. The predicted molar refractivity (Wildman–Crippen MR) is 48.9 cm³/mol. The molecule has 1 aromatic heterocycles. The predicted octanol–water partition coefficient (Wildman–Crippen LogP) is -0.449. The number of carboxylic acid groups (broad SMARTS) is 1. The quantitative estimate of drug-likeness (QED) is 0.626. The number of aromatic carboxylic acids is 1. The Morgan fingerprint density at radius 3 is 2.87 bits per heavy atom. The Balaban J connectivity index is 2.84. The summed E-state index contributed by atoms with van der Waals surface area (Å²) in [5.74, 6) is -1.85. The van der Waals surface area contributed by atoms with Crippen molar-refractivity contribution in [2.75, 3.05) is 6.61 Å². The van der Waals surface area contributed by atoms with Gasteiger partial charge >= 0.3 is 5.97 Å². The molecule has 0 fully saturated rings. The van der Waals surface area contributed by atoms with Crippen LogP contribution in [0.3, 0.4) is 0 Å². The smallest absolute Gasteiger partial charge is 0.311 e. The molecule has 80 valence electrons. The molecule has 0 aliphatic carbocycles. The highest BCUT2D eigenvalue weighted by molar-refractivity contribution is 5.88. The van der Waals surface area contributed by atoms with E-state index in [0.717, 1.165) is 0 Å². The van der Waals surface area contributed by atoms with E-state index < -0.39 is 11.9 Å². The van der Waals surface area contributed by atoms with Crippen molar-refractivity contribution >= 4 is 11.9 Å². The Hall–Kier alpha value is -1.91. The average molecular weight is 208 g/mol. The first kappa shape index (κ1) is 11.2. The number of hydrogen-bond donors (Lipinski definition) is 0. The lowest BCUT2D eigenvalue weighted by Crippen LogP contribution is -2.25. The minimum atomic E-state index is -1.35. The van der Waals surface area contributed by atoms with E-state index in [-0.39, 0.29) is 24.3 Å². The highest BCUT2D eigenvalue weighted by Gasteiger charge is 2.10. The zero-order chi connectivity index (χ0) is 11.3. The van der Waals surface area contributed by atoms with Gasteiger partial charge in [-0.25, -0.2) is 0 Å². The molecular weight excluding hydrogens is 198 g/mol. The molecule has 0 aliphatic rings. The largest absolute Gasteiger partial charge is 0.545 e. The normalized spacial score (nSPS) is 9.67. The third-order valence-electron chi connectivity index (χ3n) is 1.73. The fraction of sp³-hybridized carbons (Fsp3) is 0.300. The number of hydrogen-bond acceptors (Lipinski definition) is 5. The van der Waals surface area contributed by atoms with Gasteiger partial charge in [0.2, 0.25) is 0 Å². The van der Waals surface area contributed by atoms with Crippen molar-refractivity contribution in [3.8, 4) is 0 Å². The first-order valence-corrected chi connectivity index (χ1v) is 4.46. The van der Waals surface area contributed by atoms with Crippen LogP contribution in [-0.4, -0.2) is 23.5 Å². The van der Waals surface area contributed by atoms with Gasteiger partial charge in [0.15, 0.2) is 0 Å². The molecule has 0 bridgehead atoms. The topological polar surface area (TPSA) is 79.3 Å². The second-order valence-corrected chi connectivity index (χ2v) is 2.77. The van der Waals surface area contributed by atoms with Gasteiger partial charge in [-0.05, 0) is 19.1 Å². The molecule has 0 amide bonds. The molecule has 0 spiro atoms. The van der Waals surface area contributed by atoms with Crippen molar-refractivity contribution in [3.05, 3.63) is 29.6 Å². The molecule has 0 saturated carbocycles. The zero-order valence-corrected chi connectivity index (χ0v) is 8.23. The van der Waals surface area contributed by atoms with Crippen molar-refractivity contribution in [3.63, 3.8) is 0 Å². The fourth-order valence-electron chi connectivity index (χ4n) is 1.11. The standard InChI is InChI=1S/C10H11NO4/c1-2-15-9(12)6-8-7(10(13)14)4-3-5-11-8/h3-5H,2,6H2,1H3,(H,13,14)/p-1. The first-order chi connectivity index (χ1) is 7.15. The maximum Gasteiger partial charge on any atom is 0.311 e. The highest BCUT2D eigenvalue weighted by atomic mass is 16.5. The maximum absolute atomic E-state index is 11.1. The van der Waals surface area contributed by atoms with E-state index in [1.165, 1.54) is 18.3 Å². The molecule has 1 rings (SSSR count). The number of rotatable bonds is 4. The van der Waals surface area contributed by atoms with Gasteiger partial charge in [-0.3, -0.25) is 9.78 Å². The molecule has 0 unspecified atom stereocenters. The van der Waals surface area contributed by atoms with Crippen molar-refractivity contribution in [1.82, 2.24) is 4.98 Å². The third-order valence-corrected chi connectivity index (χ3v) is 1.73. The number of nitrogens with zero attached hydrogens (tertiary/aromatic N) is 1. The van der Waals surface area contributed by atoms with Gasteiger partial charge in [0, 0.05) is 11.8 Å². The summed E-state index contributed by atoms with van der Waals surface area (Å²) in [4.78, 5) is 25.6. The molecule has 5 nitrogen and oxygen atoms in total. The molecule has 0 atom stereocenters. The van der Waals surface area contributed by atoms with Crippen LogP contribution in [0.2, 0.25) is 0 Å². The van der Waals surface area contributed by atoms with Gasteiger partial charge in [-0.15, -0.1) is 0 Å². The van der Waals surface area contributed by atoms with Gasteiger partial charge < -0.3 is 14.6 Å². The Morgan fingerprint density at radius 1 is 1.53 bits per heavy atom. The van der Waals surface area contributed by atoms with Crippen LogP contribution < -0.4 is 5.11 Å². The monoisotopic (exact) mass is 208 g/mol. The van der Waals surface area contributed by atoms with E-state index >= 15 is 0 Å². The molecule has 0 aromatic carbocycles. The highest BCUT2D eigenvalue weighted by Crippen LogP contribution is 2.05. The first-order valence-electron chi connectivity index (χ1n) is 4.46. The van der Waals surface area contributed by atoms with Crippen LogP contribution in [0.1, 0.15) is 23.0 Å². The van der Waals surface area contributed by atoms with Gasteiger partial charge in [0.05, 0.1) is 24.7 Å². The SMILES string of the molecule is CCOC(=O)Cc1ncccc1C(=O)[O-]. The van der Waals surface area contributed by atoms with Crippen LogP contribution in [0.5, 0.6) is 0 Å². The van der Waals surface area contributed by atoms with E-state index in [1.54, 1.807) is 6.92 Å². The Labute approximate surface area is 86.7 Å². The molecule has 0 N–H and O–H groups in total. The maximum atomic E-state index is 11.1. The number of aromatic nitrogens is 1.